The van der Waals surface area contributed by atoms with E-state index in [1.54, 1.807) is 22.4 Å². The Morgan fingerprint density at radius 3 is 2.68 bits per heavy atom. The van der Waals surface area contributed by atoms with Gasteiger partial charge in [0.05, 0.1) is 0 Å². The summed E-state index contributed by atoms with van der Waals surface area (Å²) in [5.41, 5.74) is 0. The van der Waals surface area contributed by atoms with E-state index >= 15 is 0 Å². The Bertz CT molecular complexity index is 601. The fourth-order valence-electron chi connectivity index (χ4n) is 2.89. The van der Waals surface area contributed by atoms with Crippen LogP contribution in [0.5, 0.6) is 0 Å². The van der Waals surface area contributed by atoms with Crippen LogP contribution in [-0.4, -0.2) is 51.1 Å². The fourth-order valence-corrected chi connectivity index (χ4v) is 5.20. The van der Waals surface area contributed by atoms with E-state index in [9.17, 15) is 13.2 Å². The fraction of sp³-hybridized carbons (Fsp3) is 0.643. The number of carbonyl (C=O) groups is 1. The zero-order valence-corrected chi connectivity index (χ0v) is 13.9. The van der Waals surface area contributed by atoms with Crippen molar-refractivity contribution in [2.75, 3.05) is 19.7 Å². The first-order chi connectivity index (χ1) is 10.6. The summed E-state index contributed by atoms with van der Waals surface area (Å²) in [5.74, 6) is 0.0528. The van der Waals surface area contributed by atoms with Gasteiger partial charge < -0.3 is 9.64 Å². The van der Waals surface area contributed by atoms with Crippen LogP contribution in [0, 0.1) is 0 Å². The van der Waals surface area contributed by atoms with E-state index in [1.807, 2.05) is 0 Å². The summed E-state index contributed by atoms with van der Waals surface area (Å²) in [5, 5.41) is 1.75. The number of likely N-dealkylation sites (tertiary alicyclic amines) is 1. The number of rotatable bonds is 4. The van der Waals surface area contributed by atoms with E-state index < -0.39 is 10.0 Å². The molecule has 1 aromatic rings. The minimum Gasteiger partial charge on any atom is -0.368 e. The Kier molecular flexibility index (Phi) is 4.82. The highest BCUT2D eigenvalue weighted by Gasteiger charge is 2.32. The van der Waals surface area contributed by atoms with Crippen molar-refractivity contribution in [2.24, 2.45) is 0 Å². The molecule has 2 saturated heterocycles. The van der Waals surface area contributed by atoms with Crippen molar-refractivity contribution in [1.82, 2.24) is 9.62 Å². The Morgan fingerprint density at radius 1 is 1.32 bits per heavy atom. The van der Waals surface area contributed by atoms with Crippen molar-refractivity contribution in [3.05, 3.63) is 17.5 Å². The first-order valence-corrected chi connectivity index (χ1v) is 9.89. The van der Waals surface area contributed by atoms with Gasteiger partial charge in [0.2, 0.25) is 10.0 Å². The van der Waals surface area contributed by atoms with Gasteiger partial charge in [-0.3, -0.25) is 4.79 Å². The molecule has 1 N–H and O–H groups in total. The molecule has 1 amide bonds. The lowest BCUT2D eigenvalue weighted by Gasteiger charge is -2.33. The third-order valence-corrected chi connectivity index (χ3v) is 7.01. The highest BCUT2D eigenvalue weighted by Crippen LogP contribution is 2.21. The van der Waals surface area contributed by atoms with Crippen LogP contribution in [0.25, 0.3) is 0 Å². The molecule has 0 spiro atoms. The van der Waals surface area contributed by atoms with Crippen molar-refractivity contribution in [1.29, 1.82) is 0 Å². The number of amides is 1. The predicted molar refractivity (Wildman–Crippen MR) is 83.2 cm³/mol. The van der Waals surface area contributed by atoms with Gasteiger partial charge in [0, 0.05) is 25.7 Å². The quantitative estimate of drug-likeness (QED) is 0.890. The number of hydrogen-bond acceptors (Lipinski definition) is 5. The lowest BCUT2D eigenvalue weighted by molar-refractivity contribution is -0.142. The molecule has 1 atom stereocenters. The third kappa shape index (κ3) is 3.51. The number of piperidine rings is 1. The number of nitrogens with one attached hydrogen (secondary N) is 1. The lowest BCUT2D eigenvalue weighted by Crippen LogP contribution is -2.48. The summed E-state index contributed by atoms with van der Waals surface area (Å²) in [7, 11) is -3.43. The Balaban J connectivity index is 1.52. The predicted octanol–water partition coefficient (Wildman–Crippen LogP) is 1.20. The third-order valence-electron chi connectivity index (χ3n) is 4.09. The number of sulfonamides is 1. The molecule has 1 aromatic heterocycles. The van der Waals surface area contributed by atoms with Crippen LogP contribution in [0.3, 0.4) is 0 Å². The van der Waals surface area contributed by atoms with Crippen LogP contribution in [0.4, 0.5) is 0 Å². The van der Waals surface area contributed by atoms with Crippen LogP contribution < -0.4 is 4.72 Å². The number of ether oxygens (including phenoxy) is 1. The summed E-state index contributed by atoms with van der Waals surface area (Å²) in [6.45, 7) is 1.82. The maximum absolute atomic E-state index is 12.2. The molecule has 0 aromatic carbocycles. The van der Waals surface area contributed by atoms with E-state index in [0.29, 0.717) is 36.7 Å². The highest BCUT2D eigenvalue weighted by atomic mass is 32.2. The summed E-state index contributed by atoms with van der Waals surface area (Å²) < 4.78 is 32.9. The molecule has 0 aliphatic carbocycles. The minimum atomic E-state index is -3.43. The molecule has 2 aliphatic heterocycles. The molecule has 0 bridgehead atoms. The van der Waals surface area contributed by atoms with E-state index in [1.165, 1.54) is 11.3 Å². The topological polar surface area (TPSA) is 75.7 Å². The van der Waals surface area contributed by atoms with Gasteiger partial charge >= 0.3 is 0 Å². The van der Waals surface area contributed by atoms with Crippen molar-refractivity contribution in [2.45, 2.75) is 42.0 Å². The SMILES string of the molecule is O=C(C1CCCO1)N1CCC(NS(=O)(=O)c2cccs2)CC1. The van der Waals surface area contributed by atoms with E-state index in [4.69, 9.17) is 4.74 Å². The van der Waals surface area contributed by atoms with E-state index in [-0.39, 0.29) is 18.1 Å². The van der Waals surface area contributed by atoms with Gasteiger partial charge in [-0.1, -0.05) is 6.07 Å². The van der Waals surface area contributed by atoms with Gasteiger partial charge in [-0.15, -0.1) is 11.3 Å². The van der Waals surface area contributed by atoms with Gasteiger partial charge in [0.1, 0.15) is 10.3 Å². The number of thiophene rings is 1. The van der Waals surface area contributed by atoms with Crippen molar-refractivity contribution < 1.29 is 17.9 Å². The first kappa shape index (κ1) is 15.9. The molecule has 0 saturated carbocycles. The molecule has 8 heteroatoms. The summed E-state index contributed by atoms with van der Waals surface area (Å²) >= 11 is 1.21. The highest BCUT2D eigenvalue weighted by molar-refractivity contribution is 7.91. The summed E-state index contributed by atoms with van der Waals surface area (Å²) in [6, 6.07) is 3.21. The molecule has 1 unspecified atom stereocenters. The monoisotopic (exact) mass is 344 g/mol. The van der Waals surface area contributed by atoms with Gasteiger partial charge in [-0.05, 0) is 37.1 Å². The van der Waals surface area contributed by atoms with Crippen LogP contribution in [-0.2, 0) is 19.6 Å². The van der Waals surface area contributed by atoms with E-state index in [0.717, 1.165) is 12.8 Å². The molecule has 6 nitrogen and oxygen atoms in total. The van der Waals surface area contributed by atoms with Gasteiger partial charge in [-0.2, -0.15) is 0 Å². The van der Waals surface area contributed by atoms with Gasteiger partial charge in [-0.25, -0.2) is 13.1 Å². The van der Waals surface area contributed by atoms with Crippen molar-refractivity contribution in [3.63, 3.8) is 0 Å². The molecule has 2 fully saturated rings. The molecule has 22 heavy (non-hydrogen) atoms. The second-order valence-corrected chi connectivity index (χ2v) is 8.54. The van der Waals surface area contributed by atoms with Crippen molar-refractivity contribution >= 4 is 27.3 Å². The standard InChI is InChI=1S/C14H20N2O4S2/c17-14(12-3-1-9-20-12)16-7-5-11(6-8-16)15-22(18,19)13-4-2-10-21-13/h2,4,10-12,15H,1,3,5-9H2. The Morgan fingerprint density at radius 2 is 2.09 bits per heavy atom. The first-order valence-electron chi connectivity index (χ1n) is 7.52. The summed E-state index contributed by atoms with van der Waals surface area (Å²) in [6.07, 6.45) is 2.72. The molecule has 122 valence electrons. The van der Waals surface area contributed by atoms with Crippen LogP contribution in [0.1, 0.15) is 25.7 Å². The molecule has 2 aliphatic rings. The van der Waals surface area contributed by atoms with Gasteiger partial charge in [0.25, 0.3) is 5.91 Å². The number of nitrogens with zero attached hydrogens (tertiary/aromatic N) is 1. The van der Waals surface area contributed by atoms with Crippen LogP contribution in [0.15, 0.2) is 21.7 Å². The van der Waals surface area contributed by atoms with E-state index in [2.05, 4.69) is 4.72 Å². The van der Waals surface area contributed by atoms with Crippen LogP contribution in [0.2, 0.25) is 0 Å². The normalized spacial score (nSPS) is 23.8. The van der Waals surface area contributed by atoms with Crippen molar-refractivity contribution in [3.8, 4) is 0 Å². The second-order valence-electron chi connectivity index (χ2n) is 5.65. The molecule has 3 rings (SSSR count). The maximum atomic E-state index is 12.2. The number of hydrogen-bond donors (Lipinski definition) is 1. The number of carbonyl (C=O) groups excluding carboxylic acids is 1. The average molecular weight is 344 g/mol. The second kappa shape index (κ2) is 6.66. The van der Waals surface area contributed by atoms with Gasteiger partial charge in [0.15, 0.2) is 0 Å². The van der Waals surface area contributed by atoms with Crippen LogP contribution >= 0.6 is 11.3 Å². The smallest absolute Gasteiger partial charge is 0.251 e. The largest absolute Gasteiger partial charge is 0.368 e. The zero-order chi connectivity index (χ0) is 15.6. The maximum Gasteiger partial charge on any atom is 0.251 e. The molecular weight excluding hydrogens is 324 g/mol. The lowest BCUT2D eigenvalue weighted by atomic mass is 10.1. The molecular formula is C14H20N2O4S2. The average Bonchev–Trinajstić information content (AvgIpc) is 3.20. The Hall–Kier alpha value is -0.960. The Labute approximate surface area is 134 Å². The molecule has 0 radical (unpaired) electrons. The molecule has 3 heterocycles. The zero-order valence-electron chi connectivity index (χ0n) is 12.2. The minimum absolute atomic E-state index is 0.0528. The summed E-state index contributed by atoms with van der Waals surface area (Å²) in [4.78, 5) is 14.0.